The fourth-order valence-electron chi connectivity index (χ4n) is 2.58. The van der Waals surface area contributed by atoms with Gasteiger partial charge in [0, 0.05) is 0 Å². The second-order valence-electron chi connectivity index (χ2n) is 7.75. The number of hydrogen-bond donors (Lipinski definition) is 1. The number of rotatable bonds is 3. The Morgan fingerprint density at radius 2 is 1.84 bits per heavy atom. The molecule has 0 saturated carbocycles. The fourth-order valence-corrected chi connectivity index (χ4v) is 2.94. The smallest absolute Gasteiger partial charge is 0.316 e. The molecule has 0 radical (unpaired) electrons. The molecule has 1 aliphatic rings. The number of benzene rings is 1. The summed E-state index contributed by atoms with van der Waals surface area (Å²) in [6.07, 6.45) is 0. The molecule has 5 nitrogen and oxygen atoms in total. The molecule has 1 N–H and O–H groups in total. The molecule has 0 saturated heterocycles. The van der Waals surface area contributed by atoms with Gasteiger partial charge < -0.3 is 14.8 Å². The first-order valence-electron chi connectivity index (χ1n) is 8.02. The van der Waals surface area contributed by atoms with Crippen LogP contribution in [0.25, 0.3) is 5.57 Å². The number of amides is 1. The molecule has 0 unspecified atom stereocenters. The van der Waals surface area contributed by atoms with Crippen LogP contribution in [0.4, 0.5) is 0 Å². The maximum atomic E-state index is 12.7. The van der Waals surface area contributed by atoms with Gasteiger partial charge >= 0.3 is 5.97 Å². The van der Waals surface area contributed by atoms with Gasteiger partial charge in [-0.15, -0.1) is 0 Å². The molecular weight excluding hydrogens is 342 g/mol. The third-order valence-corrected chi connectivity index (χ3v) is 4.22. The monoisotopic (exact) mass is 365 g/mol. The van der Waals surface area contributed by atoms with Crippen LogP contribution in [-0.2, 0) is 14.3 Å². The normalized spacial score (nSPS) is 16.7. The van der Waals surface area contributed by atoms with E-state index in [0.29, 0.717) is 16.3 Å². The van der Waals surface area contributed by atoms with Gasteiger partial charge in [0.15, 0.2) is 0 Å². The van der Waals surface area contributed by atoms with Crippen LogP contribution in [0.3, 0.4) is 0 Å². The van der Waals surface area contributed by atoms with E-state index in [1.54, 1.807) is 46.8 Å². The first kappa shape index (κ1) is 19.3. The third kappa shape index (κ3) is 3.66. The molecule has 25 heavy (non-hydrogen) atoms. The molecule has 0 aromatic heterocycles. The van der Waals surface area contributed by atoms with Crippen molar-refractivity contribution in [2.75, 3.05) is 7.11 Å². The lowest BCUT2D eigenvalue weighted by Crippen LogP contribution is -2.40. The number of methoxy groups -OCH3 is 1. The van der Waals surface area contributed by atoms with Crippen molar-refractivity contribution in [2.45, 2.75) is 47.1 Å². The Balaban J connectivity index is 2.72. The number of ether oxygens (including phenoxy) is 2. The molecule has 0 spiro atoms. The van der Waals surface area contributed by atoms with Crippen molar-refractivity contribution in [3.63, 3.8) is 0 Å². The summed E-state index contributed by atoms with van der Waals surface area (Å²) in [7, 11) is 1.51. The SMILES string of the molecule is COc1cc(C)cc(Cl)c1C1=C(OC(=O)C(C)(C)C)C(C)(C)NC1=O. The fraction of sp³-hybridized carbons (Fsp3) is 0.474. The zero-order valence-corrected chi connectivity index (χ0v) is 16.4. The molecule has 2 rings (SSSR count). The number of esters is 1. The van der Waals surface area contributed by atoms with Crippen molar-refractivity contribution in [1.82, 2.24) is 5.32 Å². The average Bonchev–Trinajstić information content (AvgIpc) is 2.66. The quantitative estimate of drug-likeness (QED) is 0.826. The minimum Gasteiger partial charge on any atom is -0.496 e. The first-order chi connectivity index (χ1) is 11.4. The summed E-state index contributed by atoms with van der Waals surface area (Å²) in [5, 5.41) is 3.20. The molecule has 1 aromatic rings. The van der Waals surface area contributed by atoms with Gasteiger partial charge in [-0.1, -0.05) is 11.6 Å². The Morgan fingerprint density at radius 3 is 2.36 bits per heavy atom. The predicted octanol–water partition coefficient (Wildman–Crippen LogP) is 3.87. The van der Waals surface area contributed by atoms with E-state index in [-0.39, 0.29) is 17.2 Å². The summed E-state index contributed by atoms with van der Waals surface area (Å²) in [6, 6.07) is 3.53. The van der Waals surface area contributed by atoms with Gasteiger partial charge in [0.1, 0.15) is 11.5 Å². The van der Waals surface area contributed by atoms with Gasteiger partial charge in [-0.05, 0) is 59.2 Å². The van der Waals surface area contributed by atoms with E-state index in [0.717, 1.165) is 5.56 Å². The first-order valence-corrected chi connectivity index (χ1v) is 8.40. The van der Waals surface area contributed by atoms with Crippen molar-refractivity contribution < 1.29 is 19.1 Å². The van der Waals surface area contributed by atoms with Crippen LogP contribution in [0.2, 0.25) is 5.02 Å². The number of nitrogens with one attached hydrogen (secondary N) is 1. The molecule has 0 aliphatic carbocycles. The molecule has 1 amide bonds. The minimum atomic E-state index is -0.841. The van der Waals surface area contributed by atoms with Crippen LogP contribution in [0, 0.1) is 12.3 Å². The third-order valence-electron chi connectivity index (χ3n) is 3.92. The summed E-state index contributed by atoms with van der Waals surface area (Å²) >= 11 is 6.41. The zero-order chi connectivity index (χ0) is 19.2. The van der Waals surface area contributed by atoms with Crippen LogP contribution >= 0.6 is 11.6 Å². The number of halogens is 1. The van der Waals surface area contributed by atoms with E-state index in [4.69, 9.17) is 21.1 Å². The summed E-state index contributed by atoms with van der Waals surface area (Å²) < 4.78 is 11.1. The Bertz CT molecular complexity index is 772. The van der Waals surface area contributed by atoms with Crippen LogP contribution in [0.15, 0.2) is 17.9 Å². The standard InChI is InChI=1S/C19H24ClNO4/c1-10-8-11(20)13(12(9-10)24-7)14-15(19(5,6)21-16(14)22)25-17(23)18(2,3)4/h8-9H,1-7H3,(H,21,22). The molecular formula is C19H24ClNO4. The highest BCUT2D eigenvalue weighted by molar-refractivity contribution is 6.36. The van der Waals surface area contributed by atoms with E-state index in [1.165, 1.54) is 7.11 Å². The van der Waals surface area contributed by atoms with Crippen molar-refractivity contribution in [1.29, 1.82) is 0 Å². The molecule has 6 heteroatoms. The van der Waals surface area contributed by atoms with Crippen molar-refractivity contribution in [3.8, 4) is 5.75 Å². The summed E-state index contributed by atoms with van der Waals surface area (Å²) in [4.78, 5) is 25.1. The number of carbonyl (C=O) groups excluding carboxylic acids is 2. The van der Waals surface area contributed by atoms with Gasteiger partial charge in [0.25, 0.3) is 5.91 Å². The number of hydrogen-bond acceptors (Lipinski definition) is 4. The van der Waals surface area contributed by atoms with E-state index >= 15 is 0 Å². The van der Waals surface area contributed by atoms with E-state index in [1.807, 2.05) is 6.92 Å². The van der Waals surface area contributed by atoms with Crippen molar-refractivity contribution >= 4 is 29.1 Å². The second-order valence-corrected chi connectivity index (χ2v) is 8.15. The lowest BCUT2D eigenvalue weighted by atomic mass is 9.95. The highest BCUT2D eigenvalue weighted by Gasteiger charge is 2.44. The Morgan fingerprint density at radius 1 is 1.24 bits per heavy atom. The van der Waals surface area contributed by atoms with Crippen molar-refractivity contribution in [3.05, 3.63) is 34.0 Å². The Labute approximate surface area is 153 Å². The summed E-state index contributed by atoms with van der Waals surface area (Å²) in [6.45, 7) is 10.7. The maximum absolute atomic E-state index is 12.7. The van der Waals surface area contributed by atoms with Gasteiger partial charge in [-0.3, -0.25) is 9.59 Å². The Kier molecular flexibility index (Phi) is 4.92. The van der Waals surface area contributed by atoms with Gasteiger partial charge in [-0.2, -0.15) is 0 Å². The zero-order valence-electron chi connectivity index (χ0n) is 15.7. The van der Waals surface area contributed by atoms with Crippen LogP contribution < -0.4 is 10.1 Å². The maximum Gasteiger partial charge on any atom is 0.316 e. The average molecular weight is 366 g/mol. The summed E-state index contributed by atoms with van der Waals surface area (Å²) in [5.41, 5.74) is 0.00387. The molecule has 0 fully saturated rings. The van der Waals surface area contributed by atoms with Crippen LogP contribution in [-0.4, -0.2) is 24.5 Å². The van der Waals surface area contributed by atoms with Gasteiger partial charge in [-0.25, -0.2) is 0 Å². The Hall–Kier alpha value is -2.01. The van der Waals surface area contributed by atoms with Crippen molar-refractivity contribution in [2.24, 2.45) is 5.41 Å². The summed E-state index contributed by atoms with van der Waals surface area (Å²) in [5.74, 6) is -0.0730. The van der Waals surface area contributed by atoms with Gasteiger partial charge in [0.05, 0.1) is 34.2 Å². The molecule has 0 bridgehead atoms. The molecule has 1 heterocycles. The topological polar surface area (TPSA) is 64.6 Å². The minimum absolute atomic E-state index is 0.226. The molecule has 1 aliphatic heterocycles. The largest absolute Gasteiger partial charge is 0.496 e. The number of carbonyl (C=O) groups is 2. The molecule has 136 valence electrons. The van der Waals surface area contributed by atoms with Gasteiger partial charge in [0.2, 0.25) is 0 Å². The van der Waals surface area contributed by atoms with E-state index in [2.05, 4.69) is 5.32 Å². The lowest BCUT2D eigenvalue weighted by Gasteiger charge is -2.25. The number of aryl methyl sites for hydroxylation is 1. The van der Waals surface area contributed by atoms with Crippen LogP contribution in [0.5, 0.6) is 5.75 Å². The lowest BCUT2D eigenvalue weighted by molar-refractivity contribution is -0.149. The highest BCUT2D eigenvalue weighted by atomic mass is 35.5. The molecule has 0 atom stereocenters. The molecule has 1 aromatic carbocycles. The van der Waals surface area contributed by atoms with E-state index in [9.17, 15) is 9.59 Å². The predicted molar refractivity (Wildman–Crippen MR) is 97.4 cm³/mol. The second kappa shape index (κ2) is 6.37. The highest BCUT2D eigenvalue weighted by Crippen LogP contribution is 2.42. The van der Waals surface area contributed by atoms with E-state index < -0.39 is 16.9 Å². The van der Waals surface area contributed by atoms with Crippen LogP contribution in [0.1, 0.15) is 45.7 Å².